The zero-order valence-corrected chi connectivity index (χ0v) is 12.1. The number of nitrogens with zero attached hydrogens (tertiary/aromatic N) is 2. The highest BCUT2D eigenvalue weighted by atomic mass is 16.4. The lowest BCUT2D eigenvalue weighted by atomic mass is 9.99. The maximum atomic E-state index is 11.8. The Bertz CT molecular complexity index is 1040. The minimum atomic E-state index is -0.959. The summed E-state index contributed by atoms with van der Waals surface area (Å²) in [4.78, 5) is 20.5. The average Bonchev–Trinajstić information content (AvgIpc) is 2.61. The fourth-order valence-electron chi connectivity index (χ4n) is 2.84. The van der Waals surface area contributed by atoms with Crippen LogP contribution in [0.2, 0.25) is 0 Å². The molecule has 2 heterocycles. The molecule has 0 saturated heterocycles. The summed E-state index contributed by atoms with van der Waals surface area (Å²) < 4.78 is 0. The number of carboxylic acid groups (broad SMARTS) is 1. The topological polar surface area (TPSA) is 63.1 Å². The van der Waals surface area contributed by atoms with E-state index in [9.17, 15) is 9.90 Å². The van der Waals surface area contributed by atoms with Gasteiger partial charge >= 0.3 is 5.97 Å². The number of fused-ring (bicyclic) bond motifs is 3. The number of hydrogen-bond donors (Lipinski definition) is 1. The van der Waals surface area contributed by atoms with Crippen LogP contribution in [0.25, 0.3) is 32.9 Å². The molecule has 0 radical (unpaired) electrons. The Morgan fingerprint density at radius 1 is 1.00 bits per heavy atom. The molecule has 0 spiro atoms. The maximum Gasteiger partial charge on any atom is 0.336 e. The van der Waals surface area contributed by atoms with Crippen LogP contribution in [0.4, 0.5) is 0 Å². The molecule has 0 bridgehead atoms. The van der Waals surface area contributed by atoms with Gasteiger partial charge in [-0.15, -0.1) is 0 Å². The number of pyridine rings is 2. The summed E-state index contributed by atoms with van der Waals surface area (Å²) in [6.07, 6.45) is 3.36. The number of rotatable bonds is 2. The first-order valence-corrected chi connectivity index (χ1v) is 7.20. The van der Waals surface area contributed by atoms with Crippen LogP contribution in [-0.4, -0.2) is 21.0 Å². The van der Waals surface area contributed by atoms with Crippen molar-refractivity contribution in [1.29, 1.82) is 0 Å². The van der Waals surface area contributed by atoms with Crippen molar-refractivity contribution in [2.45, 2.75) is 0 Å². The van der Waals surface area contributed by atoms with Crippen molar-refractivity contribution in [3.05, 3.63) is 72.6 Å². The quantitative estimate of drug-likeness (QED) is 0.565. The van der Waals surface area contributed by atoms with Gasteiger partial charge in [0.05, 0.1) is 16.8 Å². The Hall–Kier alpha value is -3.27. The van der Waals surface area contributed by atoms with E-state index in [-0.39, 0.29) is 5.56 Å². The summed E-state index contributed by atoms with van der Waals surface area (Å²) in [5.74, 6) is -0.959. The van der Waals surface area contributed by atoms with Crippen LogP contribution in [0.1, 0.15) is 10.4 Å². The first kappa shape index (κ1) is 13.4. The van der Waals surface area contributed by atoms with Crippen molar-refractivity contribution in [3.63, 3.8) is 0 Å². The number of hydrogen-bond acceptors (Lipinski definition) is 3. The standard InChI is InChI=1S/C19H12N2O2/c22-19(23)15-10-17(13-5-3-9-20-11-13)21-16-8-7-12-4-1-2-6-14(12)18(15)16/h1-11H,(H,22,23). The second-order valence-corrected chi connectivity index (χ2v) is 5.28. The van der Waals surface area contributed by atoms with Crippen molar-refractivity contribution in [2.75, 3.05) is 0 Å². The monoisotopic (exact) mass is 300 g/mol. The van der Waals surface area contributed by atoms with Crippen LogP contribution in [0.15, 0.2) is 67.0 Å². The molecule has 0 fully saturated rings. The van der Waals surface area contributed by atoms with Gasteiger partial charge in [0, 0.05) is 23.3 Å². The third-order valence-corrected chi connectivity index (χ3v) is 3.89. The van der Waals surface area contributed by atoms with Gasteiger partial charge in [0.2, 0.25) is 0 Å². The van der Waals surface area contributed by atoms with Gasteiger partial charge in [0.15, 0.2) is 0 Å². The van der Waals surface area contributed by atoms with Crippen LogP contribution in [-0.2, 0) is 0 Å². The number of carbonyl (C=O) groups is 1. The van der Waals surface area contributed by atoms with E-state index in [2.05, 4.69) is 9.97 Å². The third kappa shape index (κ3) is 2.21. The average molecular weight is 300 g/mol. The molecular formula is C19H12N2O2. The predicted octanol–water partition coefficient (Wildman–Crippen LogP) is 4.15. The van der Waals surface area contributed by atoms with Gasteiger partial charge in [-0.3, -0.25) is 4.98 Å². The largest absolute Gasteiger partial charge is 0.478 e. The van der Waals surface area contributed by atoms with Gasteiger partial charge < -0.3 is 5.11 Å². The van der Waals surface area contributed by atoms with E-state index in [1.165, 1.54) is 0 Å². The third-order valence-electron chi connectivity index (χ3n) is 3.89. The molecule has 2 aromatic heterocycles. The van der Waals surface area contributed by atoms with Gasteiger partial charge in [-0.25, -0.2) is 9.78 Å². The molecule has 23 heavy (non-hydrogen) atoms. The van der Waals surface area contributed by atoms with Crippen molar-refractivity contribution >= 4 is 27.6 Å². The van der Waals surface area contributed by atoms with Crippen LogP contribution in [0, 0.1) is 0 Å². The lowest BCUT2D eigenvalue weighted by molar-refractivity contribution is 0.0699. The van der Waals surface area contributed by atoms with E-state index in [4.69, 9.17) is 0 Å². The SMILES string of the molecule is O=C(O)c1cc(-c2cccnc2)nc2ccc3ccccc3c12. The predicted molar refractivity (Wildman–Crippen MR) is 89.4 cm³/mol. The summed E-state index contributed by atoms with van der Waals surface area (Å²) in [7, 11) is 0. The molecule has 4 nitrogen and oxygen atoms in total. The van der Waals surface area contributed by atoms with Crippen LogP contribution < -0.4 is 0 Å². The Morgan fingerprint density at radius 2 is 1.87 bits per heavy atom. The minimum Gasteiger partial charge on any atom is -0.478 e. The molecule has 4 heteroatoms. The first-order chi connectivity index (χ1) is 11.2. The van der Waals surface area contributed by atoms with E-state index in [1.807, 2.05) is 48.5 Å². The van der Waals surface area contributed by atoms with Crippen molar-refractivity contribution in [3.8, 4) is 11.3 Å². The molecule has 1 N–H and O–H groups in total. The van der Waals surface area contributed by atoms with Crippen LogP contribution in [0.5, 0.6) is 0 Å². The van der Waals surface area contributed by atoms with E-state index in [0.29, 0.717) is 16.6 Å². The van der Waals surface area contributed by atoms with E-state index in [1.54, 1.807) is 18.5 Å². The van der Waals surface area contributed by atoms with Crippen molar-refractivity contribution in [2.24, 2.45) is 0 Å². The normalized spacial score (nSPS) is 11.0. The highest BCUT2D eigenvalue weighted by Crippen LogP contribution is 2.30. The Kier molecular flexibility index (Phi) is 3.01. The summed E-state index contributed by atoms with van der Waals surface area (Å²) >= 11 is 0. The highest BCUT2D eigenvalue weighted by Gasteiger charge is 2.15. The second-order valence-electron chi connectivity index (χ2n) is 5.28. The fourth-order valence-corrected chi connectivity index (χ4v) is 2.84. The number of benzene rings is 2. The summed E-state index contributed by atoms with van der Waals surface area (Å²) in [5.41, 5.74) is 2.33. The summed E-state index contributed by atoms with van der Waals surface area (Å²) in [6, 6.07) is 16.9. The highest BCUT2D eigenvalue weighted by molar-refractivity contribution is 6.15. The molecule has 0 aliphatic heterocycles. The Morgan fingerprint density at radius 3 is 2.65 bits per heavy atom. The molecule has 110 valence electrons. The van der Waals surface area contributed by atoms with Gasteiger partial charge in [-0.2, -0.15) is 0 Å². The van der Waals surface area contributed by atoms with Crippen LogP contribution >= 0.6 is 0 Å². The molecule has 4 rings (SSSR count). The molecule has 0 aliphatic rings. The second kappa shape index (κ2) is 5.18. The summed E-state index contributed by atoms with van der Waals surface area (Å²) in [5, 5.41) is 12.2. The van der Waals surface area contributed by atoms with Gasteiger partial charge in [-0.05, 0) is 35.0 Å². The molecular weight excluding hydrogens is 288 g/mol. The molecule has 0 aliphatic carbocycles. The van der Waals surface area contributed by atoms with Gasteiger partial charge in [-0.1, -0.05) is 30.3 Å². The zero-order chi connectivity index (χ0) is 15.8. The zero-order valence-electron chi connectivity index (χ0n) is 12.1. The molecule has 0 atom stereocenters. The number of aromatic nitrogens is 2. The summed E-state index contributed by atoms with van der Waals surface area (Å²) in [6.45, 7) is 0. The van der Waals surface area contributed by atoms with E-state index < -0.39 is 5.97 Å². The van der Waals surface area contributed by atoms with Crippen LogP contribution in [0.3, 0.4) is 0 Å². The molecule has 0 saturated carbocycles. The number of aromatic carboxylic acids is 1. The Balaban J connectivity index is 2.12. The lowest BCUT2D eigenvalue weighted by Crippen LogP contribution is -2.01. The molecule has 4 aromatic rings. The molecule has 0 amide bonds. The van der Waals surface area contributed by atoms with Gasteiger partial charge in [0.25, 0.3) is 0 Å². The smallest absolute Gasteiger partial charge is 0.336 e. The maximum absolute atomic E-state index is 11.8. The number of carboxylic acids is 1. The molecule has 0 unspecified atom stereocenters. The lowest BCUT2D eigenvalue weighted by Gasteiger charge is -2.09. The molecule has 2 aromatic carbocycles. The van der Waals surface area contributed by atoms with E-state index >= 15 is 0 Å². The van der Waals surface area contributed by atoms with Crippen molar-refractivity contribution in [1.82, 2.24) is 9.97 Å². The minimum absolute atomic E-state index is 0.255. The van der Waals surface area contributed by atoms with Crippen molar-refractivity contribution < 1.29 is 9.90 Å². The van der Waals surface area contributed by atoms with E-state index in [0.717, 1.165) is 16.3 Å². The van der Waals surface area contributed by atoms with Gasteiger partial charge in [0.1, 0.15) is 0 Å². The Labute approximate surface area is 132 Å². The first-order valence-electron chi connectivity index (χ1n) is 7.20. The fraction of sp³-hybridized carbons (Fsp3) is 0.